The van der Waals surface area contributed by atoms with E-state index in [9.17, 15) is 8.42 Å². The van der Waals surface area contributed by atoms with Crippen LogP contribution in [-0.4, -0.2) is 33.1 Å². The molecule has 4 nitrogen and oxygen atoms in total. The standard InChI is InChI=1S/C14H20ClNO3S2/c1-19-14-7-6-12(10-13(14)15)21(17,18)16-8-9-20-11-4-2-3-5-11/h6-7,10-11,16H,2-5,8-9H2,1H3. The van der Waals surface area contributed by atoms with Crippen molar-refractivity contribution in [3.63, 3.8) is 0 Å². The van der Waals surface area contributed by atoms with Crippen LogP contribution in [0.15, 0.2) is 23.1 Å². The van der Waals surface area contributed by atoms with E-state index in [1.807, 2.05) is 11.8 Å². The summed E-state index contributed by atoms with van der Waals surface area (Å²) >= 11 is 7.82. The largest absolute Gasteiger partial charge is 0.495 e. The van der Waals surface area contributed by atoms with E-state index >= 15 is 0 Å². The van der Waals surface area contributed by atoms with Gasteiger partial charge in [0.25, 0.3) is 0 Å². The molecule has 2 rings (SSSR count). The molecule has 0 heterocycles. The number of methoxy groups -OCH3 is 1. The maximum absolute atomic E-state index is 12.2. The van der Waals surface area contributed by atoms with Crippen molar-refractivity contribution in [3.05, 3.63) is 23.2 Å². The SMILES string of the molecule is COc1ccc(S(=O)(=O)NCCSC2CCCC2)cc1Cl. The Morgan fingerprint density at radius 1 is 1.38 bits per heavy atom. The topological polar surface area (TPSA) is 55.4 Å². The van der Waals surface area contributed by atoms with Crippen molar-refractivity contribution < 1.29 is 13.2 Å². The summed E-state index contributed by atoms with van der Waals surface area (Å²) in [5.41, 5.74) is 0. The normalized spacial score (nSPS) is 16.3. The Bertz CT molecular complexity index is 572. The summed E-state index contributed by atoms with van der Waals surface area (Å²) in [6.07, 6.45) is 5.11. The summed E-state index contributed by atoms with van der Waals surface area (Å²) in [5, 5.41) is 0.991. The third-order valence-electron chi connectivity index (χ3n) is 3.48. The Kier molecular flexibility index (Phi) is 6.22. The highest BCUT2D eigenvalue weighted by atomic mass is 35.5. The van der Waals surface area contributed by atoms with Crippen LogP contribution < -0.4 is 9.46 Å². The number of hydrogen-bond acceptors (Lipinski definition) is 4. The molecule has 1 fully saturated rings. The molecule has 7 heteroatoms. The van der Waals surface area contributed by atoms with Gasteiger partial charge in [0.15, 0.2) is 0 Å². The minimum atomic E-state index is -3.51. The maximum atomic E-state index is 12.2. The lowest BCUT2D eigenvalue weighted by atomic mass is 10.3. The van der Waals surface area contributed by atoms with Crippen LogP contribution in [0.1, 0.15) is 25.7 Å². The number of thioether (sulfide) groups is 1. The van der Waals surface area contributed by atoms with Gasteiger partial charge in [-0.05, 0) is 31.0 Å². The first-order valence-corrected chi connectivity index (χ1v) is 9.89. The summed E-state index contributed by atoms with van der Waals surface area (Å²) in [7, 11) is -2.01. The van der Waals surface area contributed by atoms with Gasteiger partial charge in [-0.25, -0.2) is 13.1 Å². The first-order chi connectivity index (χ1) is 10.0. The monoisotopic (exact) mass is 349 g/mol. The molecule has 1 N–H and O–H groups in total. The highest BCUT2D eigenvalue weighted by Gasteiger charge is 2.17. The van der Waals surface area contributed by atoms with E-state index in [0.29, 0.717) is 22.6 Å². The molecule has 0 amide bonds. The maximum Gasteiger partial charge on any atom is 0.240 e. The van der Waals surface area contributed by atoms with E-state index in [1.165, 1.54) is 44.9 Å². The number of halogens is 1. The number of rotatable bonds is 7. The van der Waals surface area contributed by atoms with Gasteiger partial charge in [0.1, 0.15) is 5.75 Å². The lowest BCUT2D eigenvalue weighted by molar-refractivity contribution is 0.414. The lowest BCUT2D eigenvalue weighted by Gasteiger charge is -2.11. The lowest BCUT2D eigenvalue weighted by Crippen LogP contribution is -2.26. The fourth-order valence-electron chi connectivity index (χ4n) is 2.35. The van der Waals surface area contributed by atoms with Gasteiger partial charge >= 0.3 is 0 Å². The summed E-state index contributed by atoms with van der Waals surface area (Å²) in [6.45, 7) is 0.438. The van der Waals surface area contributed by atoms with Crippen molar-refractivity contribution in [1.29, 1.82) is 0 Å². The molecule has 1 aliphatic rings. The van der Waals surface area contributed by atoms with E-state index in [2.05, 4.69) is 4.72 Å². The molecule has 1 aromatic rings. The quantitative estimate of drug-likeness (QED) is 0.767. The Balaban J connectivity index is 1.87. The molecule has 0 spiro atoms. The number of sulfonamides is 1. The second-order valence-electron chi connectivity index (χ2n) is 4.97. The van der Waals surface area contributed by atoms with Gasteiger partial charge in [0.05, 0.1) is 17.0 Å². The molecule has 0 saturated heterocycles. The first kappa shape index (κ1) is 16.9. The molecule has 1 aromatic carbocycles. The molecule has 21 heavy (non-hydrogen) atoms. The summed E-state index contributed by atoms with van der Waals surface area (Å²) in [5.74, 6) is 1.26. The molecule has 0 unspecified atom stereocenters. The minimum absolute atomic E-state index is 0.166. The highest BCUT2D eigenvalue weighted by molar-refractivity contribution is 8.00. The summed E-state index contributed by atoms with van der Waals surface area (Å²) < 4.78 is 32.0. The van der Waals surface area contributed by atoms with Crippen molar-refractivity contribution in [1.82, 2.24) is 4.72 Å². The van der Waals surface area contributed by atoms with Crippen molar-refractivity contribution in [2.45, 2.75) is 35.8 Å². The molecular formula is C14H20ClNO3S2. The zero-order valence-electron chi connectivity index (χ0n) is 12.0. The van der Waals surface area contributed by atoms with Crippen LogP contribution in [0.25, 0.3) is 0 Å². The van der Waals surface area contributed by atoms with E-state index in [4.69, 9.17) is 16.3 Å². The number of hydrogen-bond donors (Lipinski definition) is 1. The molecule has 0 atom stereocenters. The third-order valence-corrected chi connectivity index (χ3v) is 6.62. The van der Waals surface area contributed by atoms with Crippen LogP contribution in [0.3, 0.4) is 0 Å². The fraction of sp³-hybridized carbons (Fsp3) is 0.571. The molecule has 1 saturated carbocycles. The van der Waals surface area contributed by atoms with Crippen LogP contribution in [0.2, 0.25) is 5.02 Å². The fourth-order valence-corrected chi connectivity index (χ4v) is 5.08. The summed E-state index contributed by atoms with van der Waals surface area (Å²) in [6, 6.07) is 4.47. The molecule has 0 aromatic heterocycles. The third kappa shape index (κ3) is 4.77. The van der Waals surface area contributed by atoms with Gasteiger partial charge in [-0.3, -0.25) is 0 Å². The molecule has 0 radical (unpaired) electrons. The van der Waals surface area contributed by atoms with Crippen molar-refractivity contribution in [3.8, 4) is 5.75 Å². The Labute approximate surface area is 135 Å². The Morgan fingerprint density at radius 3 is 2.71 bits per heavy atom. The van der Waals surface area contributed by atoms with Crippen molar-refractivity contribution in [2.75, 3.05) is 19.4 Å². The average molecular weight is 350 g/mol. The van der Waals surface area contributed by atoms with Gasteiger partial charge in [-0.2, -0.15) is 11.8 Å². The molecule has 118 valence electrons. The van der Waals surface area contributed by atoms with Gasteiger partial charge in [0, 0.05) is 17.5 Å². The second kappa shape index (κ2) is 7.72. The molecular weight excluding hydrogens is 330 g/mol. The van der Waals surface area contributed by atoms with E-state index in [1.54, 1.807) is 6.07 Å². The zero-order valence-corrected chi connectivity index (χ0v) is 14.4. The smallest absolute Gasteiger partial charge is 0.240 e. The Hall–Kier alpha value is -0.430. The highest BCUT2D eigenvalue weighted by Crippen LogP contribution is 2.29. The minimum Gasteiger partial charge on any atom is -0.495 e. The van der Waals surface area contributed by atoms with Gasteiger partial charge in [-0.15, -0.1) is 0 Å². The van der Waals surface area contributed by atoms with E-state index in [0.717, 1.165) is 5.75 Å². The molecule has 0 bridgehead atoms. The molecule has 1 aliphatic carbocycles. The predicted molar refractivity (Wildman–Crippen MR) is 87.9 cm³/mol. The first-order valence-electron chi connectivity index (χ1n) is 6.98. The van der Waals surface area contributed by atoms with Crippen LogP contribution in [0, 0.1) is 0 Å². The Morgan fingerprint density at radius 2 is 2.10 bits per heavy atom. The average Bonchev–Trinajstić information content (AvgIpc) is 2.97. The number of nitrogens with one attached hydrogen (secondary N) is 1. The van der Waals surface area contributed by atoms with Crippen LogP contribution in [-0.2, 0) is 10.0 Å². The van der Waals surface area contributed by atoms with Crippen molar-refractivity contribution >= 4 is 33.4 Å². The number of benzene rings is 1. The van der Waals surface area contributed by atoms with Crippen LogP contribution in [0.5, 0.6) is 5.75 Å². The zero-order chi connectivity index (χ0) is 15.3. The summed E-state index contributed by atoms with van der Waals surface area (Å²) in [4.78, 5) is 0.166. The van der Waals surface area contributed by atoms with Crippen molar-refractivity contribution in [2.24, 2.45) is 0 Å². The van der Waals surface area contributed by atoms with Crippen LogP contribution in [0.4, 0.5) is 0 Å². The van der Waals surface area contributed by atoms with Crippen LogP contribution >= 0.6 is 23.4 Å². The van der Waals surface area contributed by atoms with E-state index in [-0.39, 0.29) is 4.90 Å². The predicted octanol–water partition coefficient (Wildman–Crippen LogP) is 3.30. The molecule has 0 aliphatic heterocycles. The second-order valence-corrected chi connectivity index (χ2v) is 8.55. The van der Waals surface area contributed by atoms with Gasteiger partial charge in [-0.1, -0.05) is 24.4 Å². The van der Waals surface area contributed by atoms with Gasteiger partial charge in [0.2, 0.25) is 10.0 Å². The number of ether oxygens (including phenoxy) is 1. The van der Waals surface area contributed by atoms with E-state index < -0.39 is 10.0 Å². The van der Waals surface area contributed by atoms with Gasteiger partial charge < -0.3 is 4.74 Å².